The normalized spacial score (nSPS) is 12.4. The first-order chi connectivity index (χ1) is 9.52. The van der Waals surface area contributed by atoms with Crippen molar-refractivity contribution in [3.8, 4) is 0 Å². The lowest BCUT2D eigenvalue weighted by Crippen LogP contribution is -2.22. The molecule has 20 heavy (non-hydrogen) atoms. The molecule has 0 saturated carbocycles. The van der Waals surface area contributed by atoms with E-state index in [0.29, 0.717) is 14.5 Å². The van der Waals surface area contributed by atoms with E-state index in [-0.39, 0.29) is 11.9 Å². The fraction of sp³-hybridized carbons (Fsp3) is 0.200. The summed E-state index contributed by atoms with van der Waals surface area (Å²) in [5.41, 5.74) is 1.69. The lowest BCUT2D eigenvalue weighted by Gasteiger charge is -2.20. The second-order valence-electron chi connectivity index (χ2n) is 4.33. The molecule has 2 rings (SSSR count). The Labute approximate surface area is 136 Å². The van der Waals surface area contributed by atoms with Gasteiger partial charge in [0.2, 0.25) is 0 Å². The van der Waals surface area contributed by atoms with Crippen LogP contribution >= 0.6 is 39.1 Å². The van der Waals surface area contributed by atoms with Gasteiger partial charge in [0.05, 0.1) is 10.5 Å². The highest BCUT2D eigenvalue weighted by Crippen LogP contribution is 2.31. The minimum Gasteiger partial charge on any atom is -0.306 e. The SMILES string of the molecule is CCNC(c1ccc(Br)c(F)c1)c1ccc(Cl)cc1Cl. The Morgan fingerprint density at radius 2 is 1.95 bits per heavy atom. The van der Waals surface area contributed by atoms with Crippen LogP contribution in [0, 0.1) is 5.82 Å². The molecule has 0 amide bonds. The van der Waals surface area contributed by atoms with Crippen LogP contribution in [0.25, 0.3) is 0 Å². The molecule has 5 heteroatoms. The van der Waals surface area contributed by atoms with Gasteiger partial charge in [0.1, 0.15) is 5.82 Å². The Bertz CT molecular complexity index is 619. The summed E-state index contributed by atoms with van der Waals surface area (Å²) in [7, 11) is 0. The molecule has 0 aliphatic rings. The molecule has 0 aromatic heterocycles. The third kappa shape index (κ3) is 3.53. The maximum atomic E-state index is 13.7. The third-order valence-corrected chi connectivity index (χ3v) is 4.16. The zero-order chi connectivity index (χ0) is 14.7. The van der Waals surface area contributed by atoms with Crippen LogP contribution in [0.2, 0.25) is 10.0 Å². The van der Waals surface area contributed by atoms with Gasteiger partial charge < -0.3 is 5.32 Å². The van der Waals surface area contributed by atoms with Gasteiger partial charge >= 0.3 is 0 Å². The highest BCUT2D eigenvalue weighted by Gasteiger charge is 2.17. The Balaban J connectivity index is 2.47. The molecule has 0 bridgehead atoms. The quantitative estimate of drug-likeness (QED) is 0.732. The molecule has 0 radical (unpaired) electrons. The van der Waals surface area contributed by atoms with Crippen molar-refractivity contribution in [2.24, 2.45) is 0 Å². The predicted octanol–water partition coefficient (Wildman–Crippen LogP) is 5.59. The van der Waals surface area contributed by atoms with Gasteiger partial charge in [-0.2, -0.15) is 0 Å². The summed E-state index contributed by atoms with van der Waals surface area (Å²) >= 11 is 15.3. The maximum Gasteiger partial charge on any atom is 0.137 e. The van der Waals surface area contributed by atoms with Crippen LogP contribution in [0.3, 0.4) is 0 Å². The van der Waals surface area contributed by atoms with Crippen molar-refractivity contribution in [3.05, 3.63) is 67.9 Å². The van der Waals surface area contributed by atoms with Crippen molar-refractivity contribution in [2.75, 3.05) is 6.54 Å². The fourth-order valence-corrected chi connectivity index (χ4v) is 2.80. The third-order valence-electron chi connectivity index (χ3n) is 2.96. The molecular formula is C15H13BrCl2FN. The van der Waals surface area contributed by atoms with Crippen LogP contribution in [0.1, 0.15) is 24.1 Å². The average molecular weight is 377 g/mol. The smallest absolute Gasteiger partial charge is 0.137 e. The standard InChI is InChI=1S/C15H13BrCl2FN/c1-2-20-15(9-3-6-12(16)14(19)7-9)11-5-4-10(17)8-13(11)18/h3-8,15,20H,2H2,1H3. The Hall–Kier alpha value is -0.610. The van der Waals surface area contributed by atoms with Crippen molar-refractivity contribution >= 4 is 39.1 Å². The highest BCUT2D eigenvalue weighted by atomic mass is 79.9. The lowest BCUT2D eigenvalue weighted by molar-refractivity contribution is 0.599. The van der Waals surface area contributed by atoms with E-state index >= 15 is 0 Å². The first kappa shape index (κ1) is 15.8. The zero-order valence-electron chi connectivity index (χ0n) is 10.8. The van der Waals surface area contributed by atoms with Gasteiger partial charge in [0, 0.05) is 10.0 Å². The van der Waals surface area contributed by atoms with Crippen LogP contribution in [0.15, 0.2) is 40.9 Å². The summed E-state index contributed by atoms with van der Waals surface area (Å²) in [6, 6.07) is 10.2. The molecule has 1 unspecified atom stereocenters. The first-order valence-corrected chi connectivity index (χ1v) is 7.71. The van der Waals surface area contributed by atoms with Crippen molar-refractivity contribution in [1.29, 1.82) is 0 Å². The fourth-order valence-electron chi connectivity index (χ4n) is 2.04. The molecule has 1 atom stereocenters. The van der Waals surface area contributed by atoms with Crippen molar-refractivity contribution in [1.82, 2.24) is 5.32 Å². The van der Waals surface area contributed by atoms with Gasteiger partial charge in [-0.05, 0) is 57.9 Å². The number of halogens is 4. The van der Waals surface area contributed by atoms with E-state index in [1.807, 2.05) is 19.1 Å². The summed E-state index contributed by atoms with van der Waals surface area (Å²) in [6.07, 6.45) is 0. The molecule has 0 saturated heterocycles. The molecular weight excluding hydrogens is 364 g/mol. The topological polar surface area (TPSA) is 12.0 Å². The van der Waals surface area contributed by atoms with Gasteiger partial charge in [0.15, 0.2) is 0 Å². The molecule has 0 spiro atoms. The number of nitrogens with one attached hydrogen (secondary N) is 1. The molecule has 2 aromatic carbocycles. The zero-order valence-corrected chi connectivity index (χ0v) is 13.9. The molecule has 0 aliphatic carbocycles. The molecule has 0 aliphatic heterocycles. The lowest BCUT2D eigenvalue weighted by atomic mass is 9.98. The minimum absolute atomic E-state index is 0.174. The van der Waals surface area contributed by atoms with Gasteiger partial charge in [-0.1, -0.05) is 42.3 Å². The average Bonchev–Trinajstić information content (AvgIpc) is 2.40. The summed E-state index contributed by atoms with van der Waals surface area (Å²) in [4.78, 5) is 0. The molecule has 106 valence electrons. The minimum atomic E-state index is -0.296. The van der Waals surface area contributed by atoms with Crippen molar-refractivity contribution in [3.63, 3.8) is 0 Å². The van der Waals surface area contributed by atoms with E-state index in [9.17, 15) is 4.39 Å². The van der Waals surface area contributed by atoms with E-state index in [1.54, 1.807) is 18.2 Å². The Morgan fingerprint density at radius 1 is 1.20 bits per heavy atom. The molecule has 0 heterocycles. The van der Waals surface area contributed by atoms with Gasteiger partial charge in [-0.25, -0.2) is 4.39 Å². The second kappa shape index (κ2) is 6.90. The van der Waals surface area contributed by atoms with Crippen LogP contribution in [0.4, 0.5) is 4.39 Å². The second-order valence-corrected chi connectivity index (χ2v) is 6.03. The van der Waals surface area contributed by atoms with E-state index in [1.165, 1.54) is 6.07 Å². The van der Waals surface area contributed by atoms with E-state index in [4.69, 9.17) is 23.2 Å². The number of rotatable bonds is 4. The van der Waals surface area contributed by atoms with Crippen LogP contribution in [-0.2, 0) is 0 Å². The predicted molar refractivity (Wildman–Crippen MR) is 86.1 cm³/mol. The van der Waals surface area contributed by atoms with E-state index in [2.05, 4.69) is 21.2 Å². The largest absolute Gasteiger partial charge is 0.306 e. The van der Waals surface area contributed by atoms with Crippen LogP contribution < -0.4 is 5.32 Å². The highest BCUT2D eigenvalue weighted by molar-refractivity contribution is 9.10. The van der Waals surface area contributed by atoms with Gasteiger partial charge in [-0.15, -0.1) is 0 Å². The summed E-state index contributed by atoms with van der Waals surface area (Å²) in [5.74, 6) is -0.296. The summed E-state index contributed by atoms with van der Waals surface area (Å²) in [5, 5.41) is 4.45. The molecule has 1 N–H and O–H groups in total. The summed E-state index contributed by atoms with van der Waals surface area (Å²) < 4.78 is 14.2. The Morgan fingerprint density at radius 3 is 2.55 bits per heavy atom. The first-order valence-electron chi connectivity index (χ1n) is 6.16. The number of hydrogen-bond acceptors (Lipinski definition) is 1. The Kier molecular flexibility index (Phi) is 5.44. The molecule has 0 fully saturated rings. The van der Waals surface area contributed by atoms with E-state index < -0.39 is 0 Å². The molecule has 1 nitrogen and oxygen atoms in total. The number of benzene rings is 2. The van der Waals surface area contributed by atoms with E-state index in [0.717, 1.165) is 17.7 Å². The van der Waals surface area contributed by atoms with Gasteiger partial charge in [-0.3, -0.25) is 0 Å². The van der Waals surface area contributed by atoms with Crippen LogP contribution in [0.5, 0.6) is 0 Å². The van der Waals surface area contributed by atoms with Gasteiger partial charge in [0.25, 0.3) is 0 Å². The summed E-state index contributed by atoms with van der Waals surface area (Å²) in [6.45, 7) is 2.73. The monoisotopic (exact) mass is 375 g/mol. The molecule has 2 aromatic rings. The maximum absolute atomic E-state index is 13.7. The van der Waals surface area contributed by atoms with Crippen LogP contribution in [-0.4, -0.2) is 6.54 Å². The number of hydrogen-bond donors (Lipinski definition) is 1. The van der Waals surface area contributed by atoms with Crippen molar-refractivity contribution in [2.45, 2.75) is 13.0 Å². The van der Waals surface area contributed by atoms with Crippen molar-refractivity contribution < 1.29 is 4.39 Å².